The molecule has 0 amide bonds. The molecule has 0 aromatic rings. The minimum Gasteiger partial charge on any atom is -0.392 e. The van der Waals surface area contributed by atoms with Crippen molar-refractivity contribution >= 4 is 11.8 Å². The molecule has 0 aliphatic carbocycles. The minimum absolute atomic E-state index is 0.153. The zero-order valence-corrected chi connectivity index (χ0v) is 6.62. The first-order valence-corrected chi connectivity index (χ1v) is 4.09. The molecule has 9 heavy (non-hydrogen) atoms. The van der Waals surface area contributed by atoms with Crippen LogP contribution in [0.5, 0.6) is 0 Å². The average Bonchev–Trinajstić information content (AvgIpc) is 1.82. The highest BCUT2D eigenvalue weighted by atomic mass is 32.2. The first-order chi connectivity index (χ1) is 4.18. The van der Waals surface area contributed by atoms with Gasteiger partial charge >= 0.3 is 0 Å². The standard InChI is InChI=1S/C6H13FOS/c1-5(8)6(2)9-4-3-7/h5-6,8H,3-4H2,1-2H3. The molecule has 2 unspecified atom stereocenters. The summed E-state index contributed by atoms with van der Waals surface area (Å²) in [5.41, 5.74) is 0. The monoisotopic (exact) mass is 152 g/mol. The molecular formula is C6H13FOS. The summed E-state index contributed by atoms with van der Waals surface area (Å²) in [5.74, 6) is 0.492. The Balaban J connectivity index is 3.16. The van der Waals surface area contributed by atoms with Gasteiger partial charge in [0.1, 0.15) is 0 Å². The summed E-state index contributed by atoms with van der Waals surface area (Å²) in [7, 11) is 0. The van der Waals surface area contributed by atoms with Gasteiger partial charge in [-0.15, -0.1) is 0 Å². The lowest BCUT2D eigenvalue weighted by Gasteiger charge is -2.11. The van der Waals surface area contributed by atoms with Crippen molar-refractivity contribution in [2.45, 2.75) is 25.2 Å². The van der Waals surface area contributed by atoms with Gasteiger partial charge in [-0.3, -0.25) is 4.39 Å². The zero-order valence-electron chi connectivity index (χ0n) is 5.80. The molecule has 0 fully saturated rings. The largest absolute Gasteiger partial charge is 0.392 e. The quantitative estimate of drug-likeness (QED) is 0.658. The molecule has 0 radical (unpaired) electrons. The fraction of sp³-hybridized carbons (Fsp3) is 1.00. The summed E-state index contributed by atoms with van der Waals surface area (Å²) < 4.78 is 11.5. The molecule has 0 aliphatic heterocycles. The lowest BCUT2D eigenvalue weighted by molar-refractivity contribution is 0.196. The summed E-state index contributed by atoms with van der Waals surface area (Å²) in [6.07, 6.45) is -0.332. The van der Waals surface area contributed by atoms with E-state index in [2.05, 4.69) is 0 Å². The molecule has 1 N–H and O–H groups in total. The van der Waals surface area contributed by atoms with Crippen LogP contribution in [0, 0.1) is 0 Å². The number of halogens is 1. The van der Waals surface area contributed by atoms with Crippen LogP contribution < -0.4 is 0 Å². The molecule has 1 nitrogen and oxygen atoms in total. The van der Waals surface area contributed by atoms with Gasteiger partial charge in [-0.1, -0.05) is 6.92 Å². The fourth-order valence-corrected chi connectivity index (χ4v) is 1.11. The van der Waals surface area contributed by atoms with Crippen LogP contribution in [-0.4, -0.2) is 28.9 Å². The van der Waals surface area contributed by atoms with Gasteiger partial charge in [0.2, 0.25) is 0 Å². The maximum absolute atomic E-state index is 11.5. The van der Waals surface area contributed by atoms with Crippen molar-refractivity contribution in [3.63, 3.8) is 0 Å². The van der Waals surface area contributed by atoms with E-state index in [9.17, 15) is 4.39 Å². The Morgan fingerprint density at radius 3 is 2.44 bits per heavy atom. The van der Waals surface area contributed by atoms with Crippen molar-refractivity contribution < 1.29 is 9.50 Å². The van der Waals surface area contributed by atoms with Crippen molar-refractivity contribution in [2.24, 2.45) is 0 Å². The van der Waals surface area contributed by atoms with Crippen molar-refractivity contribution in [3.05, 3.63) is 0 Å². The molecule has 56 valence electrons. The normalized spacial score (nSPS) is 17.3. The molecule has 0 saturated carbocycles. The van der Waals surface area contributed by atoms with Crippen LogP contribution in [-0.2, 0) is 0 Å². The van der Waals surface area contributed by atoms with E-state index in [1.165, 1.54) is 11.8 Å². The Kier molecular flexibility index (Phi) is 5.19. The van der Waals surface area contributed by atoms with E-state index in [0.717, 1.165) is 0 Å². The maximum Gasteiger partial charge on any atom is 0.0984 e. The van der Waals surface area contributed by atoms with Crippen molar-refractivity contribution in [3.8, 4) is 0 Å². The molecule has 2 atom stereocenters. The van der Waals surface area contributed by atoms with Gasteiger partial charge in [0.05, 0.1) is 12.8 Å². The van der Waals surface area contributed by atoms with Crippen molar-refractivity contribution in [2.75, 3.05) is 12.4 Å². The van der Waals surface area contributed by atoms with Crippen molar-refractivity contribution in [1.29, 1.82) is 0 Å². The van der Waals surface area contributed by atoms with Crippen LogP contribution in [0.3, 0.4) is 0 Å². The average molecular weight is 152 g/mol. The van der Waals surface area contributed by atoms with Crippen LogP contribution in [0.4, 0.5) is 4.39 Å². The number of hydrogen-bond acceptors (Lipinski definition) is 2. The third-order valence-electron chi connectivity index (χ3n) is 1.14. The molecule has 0 spiro atoms. The number of aliphatic hydroxyl groups excluding tert-OH is 1. The van der Waals surface area contributed by atoms with Gasteiger partial charge < -0.3 is 5.11 Å². The van der Waals surface area contributed by atoms with Crippen LogP contribution in [0.2, 0.25) is 0 Å². The molecule has 0 heterocycles. The minimum atomic E-state index is -0.332. The summed E-state index contributed by atoms with van der Waals surface area (Å²) in [5, 5.41) is 9.06. The molecular weight excluding hydrogens is 139 g/mol. The third kappa shape index (κ3) is 4.73. The van der Waals surface area contributed by atoms with Crippen LogP contribution in [0.1, 0.15) is 13.8 Å². The first-order valence-electron chi connectivity index (χ1n) is 3.04. The Morgan fingerprint density at radius 1 is 1.56 bits per heavy atom. The predicted octanol–water partition coefficient (Wildman–Crippen LogP) is 1.46. The second-order valence-corrected chi connectivity index (χ2v) is 3.49. The SMILES string of the molecule is CC(O)C(C)SCCF. The van der Waals surface area contributed by atoms with E-state index in [0.29, 0.717) is 5.75 Å². The van der Waals surface area contributed by atoms with Crippen LogP contribution >= 0.6 is 11.8 Å². The lowest BCUT2D eigenvalue weighted by Crippen LogP contribution is -2.15. The van der Waals surface area contributed by atoms with Crippen LogP contribution in [0.15, 0.2) is 0 Å². The van der Waals surface area contributed by atoms with Crippen LogP contribution in [0.25, 0.3) is 0 Å². The molecule has 3 heteroatoms. The third-order valence-corrected chi connectivity index (χ3v) is 2.45. The Bertz CT molecular complexity index is 68.1. The number of thioether (sulfide) groups is 1. The summed E-state index contributed by atoms with van der Waals surface area (Å²) in [6, 6.07) is 0. The van der Waals surface area contributed by atoms with E-state index < -0.39 is 0 Å². The van der Waals surface area contributed by atoms with Gasteiger partial charge in [-0.05, 0) is 6.92 Å². The highest BCUT2D eigenvalue weighted by Crippen LogP contribution is 2.13. The van der Waals surface area contributed by atoms with Gasteiger partial charge in [-0.2, -0.15) is 11.8 Å². The van der Waals surface area contributed by atoms with E-state index in [4.69, 9.17) is 5.11 Å². The predicted molar refractivity (Wildman–Crippen MR) is 39.6 cm³/mol. The Hall–Kier alpha value is 0.240. The highest BCUT2D eigenvalue weighted by Gasteiger charge is 2.07. The lowest BCUT2D eigenvalue weighted by atomic mass is 10.3. The van der Waals surface area contributed by atoms with Gasteiger partial charge in [0.25, 0.3) is 0 Å². The maximum atomic E-state index is 11.5. The van der Waals surface area contributed by atoms with E-state index in [1.54, 1.807) is 6.92 Å². The number of rotatable bonds is 4. The molecule has 0 rings (SSSR count). The molecule has 0 aromatic heterocycles. The summed E-state index contributed by atoms with van der Waals surface area (Å²) >= 11 is 1.46. The summed E-state index contributed by atoms with van der Waals surface area (Å²) in [6.45, 7) is 3.31. The molecule has 0 aromatic carbocycles. The van der Waals surface area contributed by atoms with Gasteiger partial charge in [-0.25, -0.2) is 0 Å². The molecule has 0 aliphatic rings. The summed E-state index contributed by atoms with van der Waals surface area (Å²) in [4.78, 5) is 0. The van der Waals surface area contributed by atoms with E-state index >= 15 is 0 Å². The van der Waals surface area contributed by atoms with Gasteiger partial charge in [0.15, 0.2) is 0 Å². The number of alkyl halides is 1. The first kappa shape index (κ1) is 9.24. The smallest absolute Gasteiger partial charge is 0.0984 e. The Labute approximate surface area is 59.6 Å². The topological polar surface area (TPSA) is 20.2 Å². The molecule has 0 saturated heterocycles. The zero-order chi connectivity index (χ0) is 7.28. The van der Waals surface area contributed by atoms with E-state index in [1.807, 2.05) is 6.92 Å². The Morgan fingerprint density at radius 2 is 2.11 bits per heavy atom. The van der Waals surface area contributed by atoms with Gasteiger partial charge in [0, 0.05) is 11.0 Å². The van der Waals surface area contributed by atoms with Crippen molar-refractivity contribution in [1.82, 2.24) is 0 Å². The van der Waals surface area contributed by atoms with E-state index in [-0.39, 0.29) is 18.0 Å². The second kappa shape index (κ2) is 5.06. The molecule has 0 bridgehead atoms. The second-order valence-electron chi connectivity index (χ2n) is 2.01. The number of aliphatic hydroxyl groups is 1. The highest BCUT2D eigenvalue weighted by molar-refractivity contribution is 7.99. The fourth-order valence-electron chi connectivity index (χ4n) is 0.370. The number of hydrogen-bond donors (Lipinski definition) is 1.